The van der Waals surface area contributed by atoms with Gasteiger partial charge in [-0.2, -0.15) is 0 Å². The lowest BCUT2D eigenvalue weighted by atomic mass is 10.2. The van der Waals surface area contributed by atoms with E-state index in [9.17, 15) is 4.79 Å². The van der Waals surface area contributed by atoms with Crippen LogP contribution >= 0.6 is 11.8 Å². The molecule has 1 aliphatic carbocycles. The molecule has 128 valence electrons. The van der Waals surface area contributed by atoms with Crippen LogP contribution in [0.15, 0.2) is 46.9 Å². The second kappa shape index (κ2) is 6.48. The molecule has 0 radical (unpaired) electrons. The minimum Gasteiger partial charge on any atom is -0.309 e. The van der Waals surface area contributed by atoms with Crippen molar-refractivity contribution in [3.63, 3.8) is 0 Å². The number of nitrogens with one attached hydrogen (secondary N) is 1. The first-order valence-electron chi connectivity index (χ1n) is 8.37. The molecule has 4 rings (SSSR count). The van der Waals surface area contributed by atoms with Crippen LogP contribution in [0.4, 0.5) is 0 Å². The van der Waals surface area contributed by atoms with E-state index in [-0.39, 0.29) is 10.8 Å². The quantitative estimate of drug-likeness (QED) is 0.543. The van der Waals surface area contributed by atoms with Crippen molar-refractivity contribution in [3.8, 4) is 0 Å². The molecule has 1 unspecified atom stereocenters. The van der Waals surface area contributed by atoms with E-state index in [0.29, 0.717) is 29.2 Å². The summed E-state index contributed by atoms with van der Waals surface area (Å²) >= 11 is 1.56. The van der Waals surface area contributed by atoms with Crippen LogP contribution in [0.3, 0.4) is 0 Å². The van der Waals surface area contributed by atoms with Crippen LogP contribution in [0.5, 0.6) is 0 Å². The van der Waals surface area contributed by atoms with E-state index >= 15 is 0 Å². The summed E-state index contributed by atoms with van der Waals surface area (Å²) in [4.78, 5) is 19.8. The summed E-state index contributed by atoms with van der Waals surface area (Å²) in [5.74, 6) is 2.21. The summed E-state index contributed by atoms with van der Waals surface area (Å²) in [5.41, 5.74) is 0.596. The fourth-order valence-corrected chi connectivity index (χ4v) is 3.77. The molecule has 1 fully saturated rings. The van der Waals surface area contributed by atoms with Crippen molar-refractivity contribution in [3.05, 3.63) is 58.9 Å². The van der Waals surface area contributed by atoms with Crippen molar-refractivity contribution in [2.24, 2.45) is 0 Å². The van der Waals surface area contributed by atoms with Crippen LogP contribution in [0, 0.1) is 0 Å². The molecule has 6 nitrogen and oxygen atoms in total. The number of H-pyrrole nitrogens is 1. The predicted molar refractivity (Wildman–Crippen MR) is 98.8 cm³/mol. The fourth-order valence-electron chi connectivity index (χ4n) is 2.84. The van der Waals surface area contributed by atoms with Gasteiger partial charge in [-0.25, -0.2) is 4.98 Å². The molecule has 2 aromatic heterocycles. The molecule has 0 spiro atoms. The fraction of sp³-hybridized carbons (Fsp3) is 0.333. The lowest BCUT2D eigenvalue weighted by Gasteiger charge is -2.12. The number of allylic oxidation sites excluding steroid dienone is 1. The number of aromatic amines is 1. The van der Waals surface area contributed by atoms with Gasteiger partial charge in [0, 0.05) is 12.5 Å². The molecular weight excluding hydrogens is 334 g/mol. The summed E-state index contributed by atoms with van der Waals surface area (Å²) in [7, 11) is 0. The lowest BCUT2D eigenvalue weighted by Crippen LogP contribution is -2.13. The van der Waals surface area contributed by atoms with Crippen LogP contribution in [0.1, 0.15) is 42.6 Å². The first-order valence-corrected chi connectivity index (χ1v) is 9.25. The molecule has 0 amide bonds. The van der Waals surface area contributed by atoms with E-state index < -0.39 is 0 Å². The zero-order valence-corrected chi connectivity index (χ0v) is 14.8. The van der Waals surface area contributed by atoms with E-state index in [1.807, 2.05) is 31.2 Å². The van der Waals surface area contributed by atoms with Crippen molar-refractivity contribution in [2.45, 2.75) is 42.6 Å². The Morgan fingerprint density at radius 2 is 2.20 bits per heavy atom. The average molecular weight is 353 g/mol. The second-order valence-corrected chi connectivity index (χ2v) is 7.55. The van der Waals surface area contributed by atoms with Gasteiger partial charge in [0.15, 0.2) is 5.16 Å². The predicted octanol–water partition coefficient (Wildman–Crippen LogP) is 3.43. The summed E-state index contributed by atoms with van der Waals surface area (Å²) in [6, 6.07) is 7.37. The molecular formula is C18H19N5OS. The lowest BCUT2D eigenvalue weighted by molar-refractivity contribution is 0.679. The number of thioether (sulfide) groups is 1. The van der Waals surface area contributed by atoms with E-state index in [4.69, 9.17) is 0 Å². The van der Waals surface area contributed by atoms with Crippen molar-refractivity contribution in [1.82, 2.24) is 24.7 Å². The number of aromatic nitrogens is 5. The Morgan fingerprint density at radius 1 is 1.40 bits per heavy atom. The van der Waals surface area contributed by atoms with Gasteiger partial charge in [0.05, 0.1) is 16.2 Å². The maximum atomic E-state index is 12.3. The van der Waals surface area contributed by atoms with Crippen LogP contribution in [0.2, 0.25) is 0 Å². The summed E-state index contributed by atoms with van der Waals surface area (Å²) in [5, 5.41) is 10.1. The van der Waals surface area contributed by atoms with Crippen LogP contribution in [0.25, 0.3) is 10.9 Å². The molecule has 25 heavy (non-hydrogen) atoms. The first kappa shape index (κ1) is 16.1. The molecule has 7 heteroatoms. The zero-order valence-electron chi connectivity index (χ0n) is 14.0. The third kappa shape index (κ3) is 3.11. The molecule has 1 N–H and O–H groups in total. The number of fused-ring (bicyclic) bond motifs is 1. The van der Waals surface area contributed by atoms with E-state index in [1.165, 1.54) is 12.8 Å². The van der Waals surface area contributed by atoms with Gasteiger partial charge >= 0.3 is 0 Å². The molecule has 0 saturated heterocycles. The van der Waals surface area contributed by atoms with Crippen molar-refractivity contribution in [1.29, 1.82) is 0 Å². The van der Waals surface area contributed by atoms with Gasteiger partial charge in [0.2, 0.25) is 0 Å². The highest BCUT2D eigenvalue weighted by molar-refractivity contribution is 7.99. The largest absolute Gasteiger partial charge is 0.309 e. The third-order valence-electron chi connectivity index (χ3n) is 4.30. The Bertz CT molecular complexity index is 989. The van der Waals surface area contributed by atoms with Crippen molar-refractivity contribution in [2.75, 3.05) is 0 Å². The number of benzene rings is 1. The van der Waals surface area contributed by atoms with Gasteiger partial charge in [-0.1, -0.05) is 30.0 Å². The number of hydrogen-bond donors (Lipinski definition) is 1. The number of para-hydroxylation sites is 1. The van der Waals surface area contributed by atoms with Crippen LogP contribution < -0.4 is 5.56 Å². The summed E-state index contributed by atoms with van der Waals surface area (Å²) in [6.07, 6.45) is 4.21. The number of rotatable bonds is 6. The molecule has 0 bridgehead atoms. The molecule has 3 aromatic rings. The number of hydrogen-bond acceptors (Lipinski definition) is 5. The molecule has 1 atom stereocenters. The van der Waals surface area contributed by atoms with Crippen LogP contribution in [-0.2, 0) is 6.54 Å². The van der Waals surface area contributed by atoms with E-state index in [1.54, 1.807) is 17.8 Å². The molecule has 0 aliphatic heterocycles. The normalized spacial score (nSPS) is 15.4. The molecule has 1 aliphatic rings. The van der Waals surface area contributed by atoms with Gasteiger partial charge in [-0.15, -0.1) is 16.8 Å². The smallest absolute Gasteiger partial charge is 0.258 e. The Labute approximate surface area is 149 Å². The van der Waals surface area contributed by atoms with E-state index in [0.717, 1.165) is 11.0 Å². The summed E-state index contributed by atoms with van der Waals surface area (Å²) in [6.45, 7) is 6.54. The minimum atomic E-state index is -0.112. The highest BCUT2D eigenvalue weighted by atomic mass is 32.2. The van der Waals surface area contributed by atoms with Gasteiger partial charge < -0.3 is 9.55 Å². The van der Waals surface area contributed by atoms with Crippen molar-refractivity contribution < 1.29 is 0 Å². The summed E-state index contributed by atoms with van der Waals surface area (Å²) < 4.78 is 2.12. The average Bonchev–Trinajstić information content (AvgIpc) is 3.39. The molecule has 1 saturated carbocycles. The Morgan fingerprint density at radius 3 is 2.96 bits per heavy atom. The number of nitrogens with zero attached hydrogens (tertiary/aromatic N) is 4. The maximum Gasteiger partial charge on any atom is 0.258 e. The Kier molecular flexibility index (Phi) is 4.17. The second-order valence-electron chi connectivity index (χ2n) is 6.24. The molecule has 2 heterocycles. The minimum absolute atomic E-state index is 0.0443. The zero-order chi connectivity index (χ0) is 17.4. The van der Waals surface area contributed by atoms with Gasteiger partial charge in [-0.3, -0.25) is 4.79 Å². The van der Waals surface area contributed by atoms with Gasteiger partial charge in [0.1, 0.15) is 11.6 Å². The molecule has 1 aromatic carbocycles. The highest BCUT2D eigenvalue weighted by Crippen LogP contribution is 2.41. The van der Waals surface area contributed by atoms with E-state index in [2.05, 4.69) is 31.3 Å². The maximum absolute atomic E-state index is 12.3. The Balaban J connectivity index is 1.65. The highest BCUT2D eigenvalue weighted by Gasteiger charge is 2.30. The van der Waals surface area contributed by atoms with Gasteiger partial charge in [0.25, 0.3) is 5.56 Å². The SMILES string of the molecule is C=CCn1c(SC(C)c2nc3ccccc3c(=O)[nH]2)nnc1C1CC1. The van der Waals surface area contributed by atoms with Crippen LogP contribution in [-0.4, -0.2) is 24.7 Å². The topological polar surface area (TPSA) is 76.5 Å². The standard InChI is InChI=1S/C18H19N5OS/c1-3-10-23-16(12-8-9-12)21-22-18(23)25-11(2)15-19-14-7-5-4-6-13(14)17(24)20-15/h3-7,11-12H,1,8-10H2,2H3,(H,19,20,24). The Hall–Kier alpha value is -2.41. The van der Waals surface area contributed by atoms with Crippen molar-refractivity contribution >= 4 is 22.7 Å². The van der Waals surface area contributed by atoms with Gasteiger partial charge in [-0.05, 0) is 31.9 Å². The monoisotopic (exact) mass is 353 g/mol. The first-order chi connectivity index (χ1) is 12.2. The third-order valence-corrected chi connectivity index (χ3v) is 5.39.